The van der Waals surface area contributed by atoms with Crippen molar-refractivity contribution in [1.82, 2.24) is 0 Å². The standard InChI is InChI=1S/C6H6BFO/c7-4-1-5(8)3-6(9)2-4/h1-3,9H,7H2. The van der Waals surface area contributed by atoms with Crippen molar-refractivity contribution < 1.29 is 9.50 Å². The molecule has 0 radical (unpaired) electrons. The summed E-state index contributed by atoms with van der Waals surface area (Å²) in [6.45, 7) is 0. The molecule has 1 aromatic carbocycles. The average molecular weight is 124 g/mol. The molecular weight excluding hydrogens is 118 g/mol. The summed E-state index contributed by atoms with van der Waals surface area (Å²) in [6, 6.07) is 3.94. The molecule has 3 heteroatoms. The molecule has 0 saturated carbocycles. The highest BCUT2D eigenvalue weighted by Crippen LogP contribution is 2.06. The molecule has 0 fully saturated rings. The highest BCUT2D eigenvalue weighted by Gasteiger charge is 1.92. The number of benzene rings is 1. The second-order valence-electron chi connectivity index (χ2n) is 1.99. The summed E-state index contributed by atoms with van der Waals surface area (Å²) in [6.07, 6.45) is 0. The Bertz CT molecular complexity index is 174. The Labute approximate surface area is 53.5 Å². The van der Waals surface area contributed by atoms with Crippen molar-refractivity contribution in [3.8, 4) is 5.75 Å². The molecule has 0 bridgehead atoms. The fraction of sp³-hybridized carbons (Fsp3) is 0. The van der Waals surface area contributed by atoms with Crippen LogP contribution in [0.25, 0.3) is 0 Å². The van der Waals surface area contributed by atoms with E-state index in [-0.39, 0.29) is 5.75 Å². The van der Waals surface area contributed by atoms with E-state index in [1.54, 1.807) is 7.85 Å². The Balaban J connectivity index is 3.17. The van der Waals surface area contributed by atoms with Gasteiger partial charge in [-0.2, -0.15) is 0 Å². The predicted octanol–water partition coefficient (Wildman–Crippen LogP) is -0.210. The van der Waals surface area contributed by atoms with Crippen molar-refractivity contribution in [2.24, 2.45) is 0 Å². The van der Waals surface area contributed by atoms with Gasteiger partial charge in [0.25, 0.3) is 0 Å². The molecular formula is C6H6BFO. The number of hydrogen-bond donors (Lipinski definition) is 1. The van der Waals surface area contributed by atoms with Crippen molar-refractivity contribution >= 4 is 13.3 Å². The van der Waals surface area contributed by atoms with E-state index in [9.17, 15) is 4.39 Å². The smallest absolute Gasteiger partial charge is 0.139 e. The first-order chi connectivity index (χ1) is 4.18. The quantitative estimate of drug-likeness (QED) is 0.474. The molecule has 9 heavy (non-hydrogen) atoms. The Morgan fingerprint density at radius 1 is 1.33 bits per heavy atom. The van der Waals surface area contributed by atoms with Crippen LogP contribution in [0, 0.1) is 5.82 Å². The third-order valence-electron chi connectivity index (χ3n) is 1.03. The summed E-state index contributed by atoms with van der Waals surface area (Å²) in [7, 11) is 1.72. The fourth-order valence-electron chi connectivity index (χ4n) is 0.717. The molecule has 0 aromatic heterocycles. The molecule has 0 amide bonds. The maximum absolute atomic E-state index is 12.3. The van der Waals surface area contributed by atoms with Crippen LogP contribution in [0.1, 0.15) is 0 Å². The van der Waals surface area contributed by atoms with Gasteiger partial charge in [-0.1, -0.05) is 5.46 Å². The van der Waals surface area contributed by atoms with E-state index < -0.39 is 5.82 Å². The third kappa shape index (κ3) is 1.45. The number of phenolic OH excluding ortho intramolecular Hbond substituents is 1. The topological polar surface area (TPSA) is 20.2 Å². The second-order valence-corrected chi connectivity index (χ2v) is 1.99. The Morgan fingerprint density at radius 3 is 2.44 bits per heavy atom. The Kier molecular flexibility index (Phi) is 1.43. The van der Waals surface area contributed by atoms with E-state index in [4.69, 9.17) is 5.11 Å². The molecule has 0 unspecified atom stereocenters. The number of hydrogen-bond acceptors (Lipinski definition) is 1. The minimum absolute atomic E-state index is 0.0208. The summed E-state index contributed by atoms with van der Waals surface area (Å²) in [5.41, 5.74) is 0.729. The largest absolute Gasteiger partial charge is 0.508 e. The molecule has 0 spiro atoms. The van der Waals surface area contributed by atoms with E-state index in [1.807, 2.05) is 0 Å². The van der Waals surface area contributed by atoms with E-state index in [2.05, 4.69) is 0 Å². The summed E-state index contributed by atoms with van der Waals surface area (Å²) in [5, 5.41) is 8.75. The van der Waals surface area contributed by atoms with Crippen LogP contribution in [0.2, 0.25) is 0 Å². The van der Waals surface area contributed by atoms with Gasteiger partial charge in [-0.15, -0.1) is 0 Å². The lowest BCUT2D eigenvalue weighted by molar-refractivity contribution is 0.470. The summed E-state index contributed by atoms with van der Waals surface area (Å²) >= 11 is 0. The van der Waals surface area contributed by atoms with Crippen molar-refractivity contribution in [3.63, 3.8) is 0 Å². The second kappa shape index (κ2) is 2.09. The zero-order valence-electron chi connectivity index (χ0n) is 5.06. The van der Waals surface area contributed by atoms with Crippen LogP contribution in [0.15, 0.2) is 18.2 Å². The fourth-order valence-corrected chi connectivity index (χ4v) is 0.717. The van der Waals surface area contributed by atoms with Gasteiger partial charge < -0.3 is 5.11 Å². The SMILES string of the molecule is Bc1cc(O)cc(F)c1. The van der Waals surface area contributed by atoms with Gasteiger partial charge in [-0.25, -0.2) is 4.39 Å². The molecule has 0 aliphatic rings. The lowest BCUT2D eigenvalue weighted by Gasteiger charge is -1.93. The summed E-state index contributed by atoms with van der Waals surface area (Å²) in [4.78, 5) is 0. The minimum atomic E-state index is -0.396. The molecule has 0 heterocycles. The van der Waals surface area contributed by atoms with E-state index in [0.717, 1.165) is 11.5 Å². The molecule has 0 saturated heterocycles. The number of aromatic hydroxyl groups is 1. The van der Waals surface area contributed by atoms with Gasteiger partial charge in [0.15, 0.2) is 0 Å². The first-order valence-corrected chi connectivity index (χ1v) is 2.64. The minimum Gasteiger partial charge on any atom is -0.508 e. The van der Waals surface area contributed by atoms with E-state index in [0.29, 0.717) is 0 Å². The van der Waals surface area contributed by atoms with E-state index in [1.165, 1.54) is 12.1 Å². The van der Waals surface area contributed by atoms with Gasteiger partial charge >= 0.3 is 0 Å². The molecule has 1 nitrogen and oxygen atoms in total. The number of halogens is 1. The molecule has 1 aromatic rings. The molecule has 1 N–H and O–H groups in total. The van der Waals surface area contributed by atoms with Gasteiger partial charge in [-0.05, 0) is 12.1 Å². The third-order valence-corrected chi connectivity index (χ3v) is 1.03. The van der Waals surface area contributed by atoms with Crippen LogP contribution in [0.3, 0.4) is 0 Å². The van der Waals surface area contributed by atoms with Crippen LogP contribution < -0.4 is 5.46 Å². The van der Waals surface area contributed by atoms with Gasteiger partial charge in [0.2, 0.25) is 0 Å². The summed E-state index contributed by atoms with van der Waals surface area (Å²) < 4.78 is 12.3. The normalized spacial score (nSPS) is 9.44. The van der Waals surface area contributed by atoms with Crippen molar-refractivity contribution in [3.05, 3.63) is 24.0 Å². The lowest BCUT2D eigenvalue weighted by Crippen LogP contribution is -2.00. The first-order valence-electron chi connectivity index (χ1n) is 2.64. The molecule has 0 atom stereocenters. The highest BCUT2D eigenvalue weighted by molar-refractivity contribution is 6.32. The van der Waals surface area contributed by atoms with Crippen LogP contribution in [0.5, 0.6) is 5.75 Å². The van der Waals surface area contributed by atoms with Crippen LogP contribution in [-0.2, 0) is 0 Å². The van der Waals surface area contributed by atoms with Gasteiger partial charge in [0.05, 0.1) is 0 Å². The van der Waals surface area contributed by atoms with Gasteiger partial charge in [-0.3, -0.25) is 0 Å². The Morgan fingerprint density at radius 2 is 2.00 bits per heavy atom. The molecule has 0 aliphatic heterocycles. The molecule has 1 rings (SSSR count). The highest BCUT2D eigenvalue weighted by atomic mass is 19.1. The zero-order chi connectivity index (χ0) is 6.85. The Hall–Kier alpha value is -0.985. The number of rotatable bonds is 0. The molecule has 0 aliphatic carbocycles. The maximum Gasteiger partial charge on any atom is 0.139 e. The van der Waals surface area contributed by atoms with Crippen LogP contribution in [0.4, 0.5) is 4.39 Å². The van der Waals surface area contributed by atoms with Crippen LogP contribution in [-0.4, -0.2) is 13.0 Å². The van der Waals surface area contributed by atoms with Crippen molar-refractivity contribution in [2.45, 2.75) is 0 Å². The van der Waals surface area contributed by atoms with Crippen molar-refractivity contribution in [1.29, 1.82) is 0 Å². The van der Waals surface area contributed by atoms with Crippen molar-refractivity contribution in [2.75, 3.05) is 0 Å². The first kappa shape index (κ1) is 6.14. The average Bonchev–Trinajstić information content (AvgIpc) is 1.59. The van der Waals surface area contributed by atoms with Gasteiger partial charge in [0, 0.05) is 6.07 Å². The molecule has 46 valence electrons. The van der Waals surface area contributed by atoms with Gasteiger partial charge in [0.1, 0.15) is 19.4 Å². The van der Waals surface area contributed by atoms with Crippen LogP contribution >= 0.6 is 0 Å². The zero-order valence-corrected chi connectivity index (χ0v) is 5.06. The monoisotopic (exact) mass is 124 g/mol. The number of phenols is 1. The lowest BCUT2D eigenvalue weighted by atomic mass is 9.96. The van der Waals surface area contributed by atoms with E-state index >= 15 is 0 Å². The predicted molar refractivity (Wildman–Crippen MR) is 36.2 cm³/mol. The maximum atomic E-state index is 12.3. The summed E-state index contributed by atoms with van der Waals surface area (Å²) in [5.74, 6) is -0.417.